The second-order valence-electron chi connectivity index (χ2n) is 3.39. The molecule has 0 aromatic heterocycles. The largest absolute Gasteiger partial charge is 0.497 e. The zero-order valence-corrected chi connectivity index (χ0v) is 8.93. The summed E-state index contributed by atoms with van der Waals surface area (Å²) < 4.78 is 10.5. The van der Waals surface area contributed by atoms with E-state index in [9.17, 15) is 0 Å². The number of hydrogen-bond acceptors (Lipinski definition) is 4. The molecule has 0 radical (unpaired) electrons. The molecule has 1 aliphatic heterocycles. The molecule has 1 aliphatic rings. The van der Waals surface area contributed by atoms with Crippen molar-refractivity contribution in [1.82, 2.24) is 0 Å². The maximum Gasteiger partial charge on any atom is 0.127 e. The first-order valence-corrected chi connectivity index (χ1v) is 4.93. The van der Waals surface area contributed by atoms with Gasteiger partial charge in [0.1, 0.15) is 17.5 Å². The third-order valence-corrected chi connectivity index (χ3v) is 2.52. The van der Waals surface area contributed by atoms with Gasteiger partial charge in [-0.25, -0.2) is 0 Å². The fourth-order valence-electron chi connectivity index (χ4n) is 1.71. The molecule has 80 valence electrons. The van der Waals surface area contributed by atoms with E-state index in [4.69, 9.17) is 9.47 Å². The molecule has 0 saturated carbocycles. The van der Waals surface area contributed by atoms with Crippen LogP contribution in [0.3, 0.4) is 0 Å². The first-order valence-electron chi connectivity index (χ1n) is 4.93. The maximum absolute atomic E-state index is 5.32. The average molecular weight is 206 g/mol. The third kappa shape index (κ3) is 1.93. The van der Waals surface area contributed by atoms with Gasteiger partial charge in [-0.3, -0.25) is 0 Å². The number of hydrogen-bond donors (Lipinski definition) is 0. The summed E-state index contributed by atoms with van der Waals surface area (Å²) in [6.07, 6.45) is 0.961. The zero-order chi connectivity index (χ0) is 10.7. The Hall–Kier alpha value is -1.58. The standard InChI is InChI=1S/C11H14N2O2/c1-14-8-3-4-9(11(7-8)15-2)10-5-6-12-13-10/h3-4,7,10H,5-6H2,1-2H3. The highest BCUT2D eigenvalue weighted by atomic mass is 16.5. The van der Waals surface area contributed by atoms with Crippen LogP contribution in [0.5, 0.6) is 11.5 Å². The van der Waals surface area contributed by atoms with E-state index in [0.717, 1.165) is 30.0 Å². The lowest BCUT2D eigenvalue weighted by molar-refractivity contribution is 0.388. The number of rotatable bonds is 3. The van der Waals surface area contributed by atoms with Crippen molar-refractivity contribution in [3.8, 4) is 11.5 Å². The molecule has 0 N–H and O–H groups in total. The fourth-order valence-corrected chi connectivity index (χ4v) is 1.71. The molecule has 1 aromatic rings. The second kappa shape index (κ2) is 4.29. The van der Waals surface area contributed by atoms with E-state index in [2.05, 4.69) is 10.2 Å². The second-order valence-corrected chi connectivity index (χ2v) is 3.39. The van der Waals surface area contributed by atoms with Crippen LogP contribution in [0.2, 0.25) is 0 Å². The minimum atomic E-state index is 0.144. The summed E-state index contributed by atoms with van der Waals surface area (Å²) in [5.74, 6) is 1.62. The Kier molecular flexibility index (Phi) is 2.85. The van der Waals surface area contributed by atoms with Gasteiger partial charge < -0.3 is 9.47 Å². The Bertz CT molecular complexity index is 377. The molecule has 1 atom stereocenters. The molecular formula is C11H14N2O2. The smallest absolute Gasteiger partial charge is 0.127 e. The van der Waals surface area contributed by atoms with Crippen LogP contribution in [-0.4, -0.2) is 20.8 Å². The molecule has 4 heteroatoms. The first-order chi connectivity index (χ1) is 7.35. The molecule has 2 rings (SSSR count). The Balaban J connectivity index is 2.33. The summed E-state index contributed by atoms with van der Waals surface area (Å²) in [5.41, 5.74) is 1.08. The molecule has 0 bridgehead atoms. The Labute approximate surface area is 88.9 Å². The monoisotopic (exact) mass is 206 g/mol. The molecule has 1 unspecified atom stereocenters. The van der Waals surface area contributed by atoms with Crippen LogP contribution in [0.15, 0.2) is 28.4 Å². The normalized spacial score (nSPS) is 19.2. The van der Waals surface area contributed by atoms with Gasteiger partial charge in [0.25, 0.3) is 0 Å². The van der Waals surface area contributed by atoms with E-state index < -0.39 is 0 Å². The van der Waals surface area contributed by atoms with Crippen LogP contribution < -0.4 is 9.47 Å². The lowest BCUT2D eigenvalue weighted by atomic mass is 10.0. The minimum Gasteiger partial charge on any atom is -0.497 e. The minimum absolute atomic E-state index is 0.144. The number of nitrogens with zero attached hydrogens (tertiary/aromatic N) is 2. The topological polar surface area (TPSA) is 43.2 Å². The number of ether oxygens (including phenoxy) is 2. The van der Waals surface area contributed by atoms with Gasteiger partial charge in [-0.05, 0) is 18.6 Å². The predicted octanol–water partition coefficient (Wildman–Crippen LogP) is 2.60. The maximum atomic E-state index is 5.32. The van der Waals surface area contributed by atoms with Gasteiger partial charge in [0.15, 0.2) is 0 Å². The summed E-state index contributed by atoms with van der Waals surface area (Å²) in [4.78, 5) is 0. The molecule has 0 saturated heterocycles. The van der Waals surface area contributed by atoms with Gasteiger partial charge in [-0.2, -0.15) is 10.2 Å². The van der Waals surface area contributed by atoms with Gasteiger partial charge in [0.05, 0.1) is 20.8 Å². The number of methoxy groups -OCH3 is 2. The van der Waals surface area contributed by atoms with Crippen molar-refractivity contribution in [3.05, 3.63) is 23.8 Å². The highest BCUT2D eigenvalue weighted by Crippen LogP contribution is 2.35. The third-order valence-electron chi connectivity index (χ3n) is 2.52. The van der Waals surface area contributed by atoms with Crippen LogP contribution in [0.4, 0.5) is 0 Å². The average Bonchev–Trinajstić information content (AvgIpc) is 2.81. The van der Waals surface area contributed by atoms with Crippen molar-refractivity contribution < 1.29 is 9.47 Å². The van der Waals surface area contributed by atoms with Crippen molar-refractivity contribution in [2.24, 2.45) is 10.2 Å². The Morgan fingerprint density at radius 2 is 2.13 bits per heavy atom. The van der Waals surface area contributed by atoms with E-state index in [-0.39, 0.29) is 6.04 Å². The van der Waals surface area contributed by atoms with Gasteiger partial charge in [0, 0.05) is 11.6 Å². The fraction of sp³-hybridized carbons (Fsp3) is 0.455. The number of azo groups is 1. The van der Waals surface area contributed by atoms with Crippen LogP contribution in [0.1, 0.15) is 18.0 Å². The predicted molar refractivity (Wildman–Crippen MR) is 56.6 cm³/mol. The number of benzene rings is 1. The van der Waals surface area contributed by atoms with Crippen LogP contribution in [-0.2, 0) is 0 Å². The van der Waals surface area contributed by atoms with Crippen molar-refractivity contribution in [2.75, 3.05) is 20.8 Å². The van der Waals surface area contributed by atoms with Gasteiger partial charge >= 0.3 is 0 Å². The molecule has 0 spiro atoms. The van der Waals surface area contributed by atoms with Crippen molar-refractivity contribution in [3.63, 3.8) is 0 Å². The molecule has 0 amide bonds. The molecule has 0 aliphatic carbocycles. The Morgan fingerprint density at radius 1 is 1.27 bits per heavy atom. The van der Waals surface area contributed by atoms with Gasteiger partial charge in [0.2, 0.25) is 0 Å². The van der Waals surface area contributed by atoms with Crippen molar-refractivity contribution in [1.29, 1.82) is 0 Å². The van der Waals surface area contributed by atoms with E-state index in [0.29, 0.717) is 0 Å². The molecular weight excluding hydrogens is 192 g/mol. The molecule has 1 aromatic carbocycles. The van der Waals surface area contributed by atoms with E-state index >= 15 is 0 Å². The van der Waals surface area contributed by atoms with Crippen molar-refractivity contribution in [2.45, 2.75) is 12.5 Å². The van der Waals surface area contributed by atoms with Gasteiger partial charge in [-0.15, -0.1) is 0 Å². The lowest BCUT2D eigenvalue weighted by Crippen LogP contribution is -1.97. The summed E-state index contributed by atoms with van der Waals surface area (Å²) in [7, 11) is 3.30. The van der Waals surface area contributed by atoms with Crippen molar-refractivity contribution >= 4 is 0 Å². The zero-order valence-electron chi connectivity index (χ0n) is 8.93. The highest BCUT2D eigenvalue weighted by molar-refractivity contribution is 5.42. The van der Waals surface area contributed by atoms with Crippen LogP contribution in [0.25, 0.3) is 0 Å². The van der Waals surface area contributed by atoms with Crippen LogP contribution >= 0.6 is 0 Å². The highest BCUT2D eigenvalue weighted by Gasteiger charge is 2.19. The summed E-state index contributed by atoms with van der Waals surface area (Å²) in [5, 5.41) is 8.17. The van der Waals surface area contributed by atoms with E-state index in [1.165, 1.54) is 0 Å². The van der Waals surface area contributed by atoms with E-state index in [1.54, 1.807) is 14.2 Å². The lowest BCUT2D eigenvalue weighted by Gasteiger charge is -2.12. The van der Waals surface area contributed by atoms with Gasteiger partial charge in [-0.1, -0.05) is 0 Å². The summed E-state index contributed by atoms with van der Waals surface area (Å²) in [6, 6.07) is 5.94. The summed E-state index contributed by atoms with van der Waals surface area (Å²) >= 11 is 0. The van der Waals surface area contributed by atoms with Crippen LogP contribution in [0, 0.1) is 0 Å². The molecule has 15 heavy (non-hydrogen) atoms. The first kappa shape index (κ1) is 9.96. The molecule has 1 heterocycles. The Morgan fingerprint density at radius 3 is 2.73 bits per heavy atom. The molecule has 4 nitrogen and oxygen atoms in total. The SMILES string of the molecule is COc1ccc(C2CCN=N2)c(OC)c1. The quantitative estimate of drug-likeness (QED) is 0.762. The molecule has 0 fully saturated rings. The van der Waals surface area contributed by atoms with E-state index in [1.807, 2.05) is 18.2 Å². The summed E-state index contributed by atoms with van der Waals surface area (Å²) in [6.45, 7) is 0.805.